The van der Waals surface area contributed by atoms with Crippen molar-refractivity contribution in [3.05, 3.63) is 48.0 Å². The van der Waals surface area contributed by atoms with Crippen LogP contribution in [0.1, 0.15) is 12.0 Å². The van der Waals surface area contributed by atoms with Gasteiger partial charge in [0.25, 0.3) is 5.91 Å². The van der Waals surface area contributed by atoms with Gasteiger partial charge in [-0.15, -0.1) is 0 Å². The van der Waals surface area contributed by atoms with Crippen molar-refractivity contribution < 1.29 is 19.1 Å². The highest BCUT2D eigenvalue weighted by Crippen LogP contribution is 2.32. The number of hydrogen-bond acceptors (Lipinski definition) is 5. The molecule has 1 N–H and O–H groups in total. The number of carbonyl (C=O) groups excluding carboxylic acids is 2. The minimum absolute atomic E-state index is 0.0996. The van der Waals surface area contributed by atoms with E-state index in [1.54, 1.807) is 38.5 Å². The van der Waals surface area contributed by atoms with Crippen molar-refractivity contribution in [2.24, 2.45) is 0 Å². The number of imide groups is 1. The highest BCUT2D eigenvalue weighted by molar-refractivity contribution is 6.23. The Morgan fingerprint density at radius 1 is 1.08 bits per heavy atom. The van der Waals surface area contributed by atoms with Crippen LogP contribution in [0.25, 0.3) is 0 Å². The molecule has 0 saturated carbocycles. The number of nitrogens with one attached hydrogen (secondary N) is 1. The SMILES string of the molecule is COc1ccc(NC2CC(=O)N(c3ccccc3C)C2=O)c(OC)c1. The second kappa shape index (κ2) is 6.84. The predicted molar refractivity (Wildman–Crippen MR) is 95.2 cm³/mol. The van der Waals surface area contributed by atoms with Crippen LogP contribution < -0.4 is 19.7 Å². The lowest BCUT2D eigenvalue weighted by atomic mass is 10.2. The third-order valence-corrected chi connectivity index (χ3v) is 4.24. The van der Waals surface area contributed by atoms with Crippen molar-refractivity contribution in [3.63, 3.8) is 0 Å². The van der Waals surface area contributed by atoms with E-state index < -0.39 is 6.04 Å². The number of carbonyl (C=O) groups is 2. The molecule has 1 fully saturated rings. The predicted octanol–water partition coefficient (Wildman–Crippen LogP) is 2.76. The standard InChI is InChI=1S/C19H20N2O4/c1-12-6-4-5-7-16(12)21-18(22)11-15(19(21)23)20-14-9-8-13(24-2)10-17(14)25-3/h4-10,15,20H,11H2,1-3H3. The van der Waals surface area contributed by atoms with Gasteiger partial charge in [-0.05, 0) is 30.7 Å². The monoisotopic (exact) mass is 340 g/mol. The van der Waals surface area contributed by atoms with Crippen LogP contribution >= 0.6 is 0 Å². The van der Waals surface area contributed by atoms with E-state index in [0.29, 0.717) is 22.9 Å². The molecule has 0 aromatic heterocycles. The molecule has 0 bridgehead atoms. The van der Waals surface area contributed by atoms with Crippen LogP contribution in [-0.2, 0) is 9.59 Å². The van der Waals surface area contributed by atoms with E-state index in [9.17, 15) is 9.59 Å². The zero-order valence-corrected chi connectivity index (χ0v) is 14.4. The fourth-order valence-corrected chi connectivity index (χ4v) is 2.92. The molecular formula is C19H20N2O4. The number of hydrogen-bond donors (Lipinski definition) is 1. The minimum Gasteiger partial charge on any atom is -0.497 e. The highest BCUT2D eigenvalue weighted by Gasteiger charge is 2.40. The fraction of sp³-hybridized carbons (Fsp3) is 0.263. The Kier molecular flexibility index (Phi) is 4.61. The Bertz CT molecular complexity index is 819. The molecule has 0 spiro atoms. The number of amides is 2. The van der Waals surface area contributed by atoms with Crippen molar-refractivity contribution in [1.82, 2.24) is 0 Å². The van der Waals surface area contributed by atoms with E-state index in [0.717, 1.165) is 5.56 Å². The Morgan fingerprint density at radius 3 is 2.52 bits per heavy atom. The van der Waals surface area contributed by atoms with Gasteiger partial charge in [0.05, 0.1) is 32.0 Å². The van der Waals surface area contributed by atoms with Crippen molar-refractivity contribution in [3.8, 4) is 11.5 Å². The van der Waals surface area contributed by atoms with Gasteiger partial charge in [-0.2, -0.15) is 0 Å². The minimum atomic E-state index is -0.630. The van der Waals surface area contributed by atoms with Crippen LogP contribution in [0.4, 0.5) is 11.4 Å². The zero-order chi connectivity index (χ0) is 18.0. The number of ether oxygens (including phenoxy) is 2. The van der Waals surface area contributed by atoms with Crippen molar-refractivity contribution in [2.75, 3.05) is 24.4 Å². The molecule has 6 nitrogen and oxygen atoms in total. The van der Waals surface area contributed by atoms with Crippen LogP contribution in [0, 0.1) is 6.92 Å². The third-order valence-electron chi connectivity index (χ3n) is 4.24. The van der Waals surface area contributed by atoms with Gasteiger partial charge in [0.2, 0.25) is 5.91 Å². The van der Waals surface area contributed by atoms with E-state index >= 15 is 0 Å². The van der Waals surface area contributed by atoms with E-state index in [1.807, 2.05) is 25.1 Å². The second-order valence-corrected chi connectivity index (χ2v) is 5.82. The maximum Gasteiger partial charge on any atom is 0.256 e. The fourth-order valence-electron chi connectivity index (χ4n) is 2.92. The second-order valence-electron chi connectivity index (χ2n) is 5.82. The van der Waals surface area contributed by atoms with Gasteiger partial charge < -0.3 is 14.8 Å². The molecular weight excluding hydrogens is 320 g/mol. The first kappa shape index (κ1) is 16.8. The van der Waals surface area contributed by atoms with Gasteiger partial charge >= 0.3 is 0 Å². The summed E-state index contributed by atoms with van der Waals surface area (Å²) in [5.41, 5.74) is 2.15. The van der Waals surface area contributed by atoms with Gasteiger partial charge in [0, 0.05) is 6.07 Å². The first-order chi connectivity index (χ1) is 12.0. The van der Waals surface area contributed by atoms with Crippen LogP contribution in [0.15, 0.2) is 42.5 Å². The Balaban J connectivity index is 1.85. The van der Waals surface area contributed by atoms with Crippen molar-refractivity contribution in [1.29, 1.82) is 0 Å². The summed E-state index contributed by atoms with van der Waals surface area (Å²) < 4.78 is 10.5. The number of aryl methyl sites for hydroxylation is 1. The van der Waals surface area contributed by atoms with Crippen LogP contribution in [-0.4, -0.2) is 32.1 Å². The van der Waals surface area contributed by atoms with Crippen molar-refractivity contribution in [2.45, 2.75) is 19.4 Å². The van der Waals surface area contributed by atoms with Gasteiger partial charge in [-0.1, -0.05) is 18.2 Å². The number of benzene rings is 2. The smallest absolute Gasteiger partial charge is 0.256 e. The molecule has 130 valence electrons. The summed E-state index contributed by atoms with van der Waals surface area (Å²) in [6, 6.07) is 12.0. The first-order valence-corrected chi connectivity index (χ1v) is 7.96. The van der Waals surface area contributed by atoms with E-state index in [1.165, 1.54) is 4.90 Å². The molecule has 2 aromatic rings. The molecule has 1 aliphatic rings. The molecule has 3 rings (SSSR count). The van der Waals surface area contributed by atoms with Crippen LogP contribution in [0.2, 0.25) is 0 Å². The summed E-state index contributed by atoms with van der Waals surface area (Å²) in [5.74, 6) is 0.716. The van der Waals surface area contributed by atoms with Crippen LogP contribution in [0.5, 0.6) is 11.5 Å². The Labute approximate surface area is 146 Å². The summed E-state index contributed by atoms with van der Waals surface area (Å²) >= 11 is 0. The maximum absolute atomic E-state index is 12.8. The molecule has 25 heavy (non-hydrogen) atoms. The lowest BCUT2D eigenvalue weighted by molar-refractivity contribution is -0.121. The molecule has 2 amide bonds. The Morgan fingerprint density at radius 2 is 1.84 bits per heavy atom. The number of nitrogens with zero attached hydrogens (tertiary/aromatic N) is 1. The molecule has 1 atom stereocenters. The van der Waals surface area contributed by atoms with Gasteiger partial charge in [-0.3, -0.25) is 9.59 Å². The molecule has 1 saturated heterocycles. The van der Waals surface area contributed by atoms with E-state index in [2.05, 4.69) is 5.32 Å². The molecule has 0 radical (unpaired) electrons. The number of rotatable bonds is 5. The molecule has 2 aromatic carbocycles. The summed E-state index contributed by atoms with van der Waals surface area (Å²) in [6.45, 7) is 1.88. The van der Waals surface area contributed by atoms with Gasteiger partial charge in [0.15, 0.2) is 0 Å². The summed E-state index contributed by atoms with van der Waals surface area (Å²) in [6.07, 6.45) is 0.0996. The molecule has 1 heterocycles. The summed E-state index contributed by atoms with van der Waals surface area (Å²) in [7, 11) is 3.11. The Hall–Kier alpha value is -3.02. The quantitative estimate of drug-likeness (QED) is 0.848. The molecule has 1 aliphatic heterocycles. The first-order valence-electron chi connectivity index (χ1n) is 7.96. The largest absolute Gasteiger partial charge is 0.497 e. The number of anilines is 2. The van der Waals surface area contributed by atoms with Gasteiger partial charge in [-0.25, -0.2) is 4.90 Å². The average molecular weight is 340 g/mol. The van der Waals surface area contributed by atoms with E-state index in [-0.39, 0.29) is 18.2 Å². The number of methoxy groups -OCH3 is 2. The van der Waals surface area contributed by atoms with Crippen LogP contribution in [0.3, 0.4) is 0 Å². The topological polar surface area (TPSA) is 67.9 Å². The third kappa shape index (κ3) is 3.15. The maximum atomic E-state index is 12.8. The lowest BCUT2D eigenvalue weighted by Crippen LogP contribution is -2.35. The molecule has 6 heteroatoms. The molecule has 0 aliphatic carbocycles. The highest BCUT2D eigenvalue weighted by atomic mass is 16.5. The summed E-state index contributed by atoms with van der Waals surface area (Å²) in [4.78, 5) is 26.4. The van der Waals surface area contributed by atoms with Gasteiger partial charge in [0.1, 0.15) is 17.5 Å². The summed E-state index contributed by atoms with van der Waals surface area (Å²) in [5, 5.41) is 3.12. The molecule has 1 unspecified atom stereocenters. The van der Waals surface area contributed by atoms with E-state index in [4.69, 9.17) is 9.47 Å². The average Bonchev–Trinajstić information content (AvgIpc) is 2.89. The van der Waals surface area contributed by atoms with Crippen molar-refractivity contribution >= 4 is 23.2 Å². The zero-order valence-electron chi connectivity index (χ0n) is 14.4. The number of para-hydroxylation sites is 1. The lowest BCUT2D eigenvalue weighted by Gasteiger charge is -2.19. The normalized spacial score (nSPS) is 16.9.